The van der Waals surface area contributed by atoms with Crippen LogP contribution in [0.5, 0.6) is 5.75 Å². The second-order valence-electron chi connectivity index (χ2n) is 8.63. The Morgan fingerprint density at radius 2 is 1.69 bits per heavy atom. The molecule has 2 heterocycles. The van der Waals surface area contributed by atoms with Crippen molar-refractivity contribution in [1.82, 2.24) is 15.5 Å². The normalized spacial score (nSPS) is 15.8. The summed E-state index contributed by atoms with van der Waals surface area (Å²) >= 11 is 5.88. The van der Waals surface area contributed by atoms with Gasteiger partial charge in [0.05, 0.1) is 18.7 Å². The third-order valence-electron chi connectivity index (χ3n) is 6.06. The van der Waals surface area contributed by atoms with Crippen molar-refractivity contribution in [3.8, 4) is 17.1 Å². The first-order chi connectivity index (χ1) is 16.9. The third-order valence-corrected chi connectivity index (χ3v) is 6.37. The molecule has 0 fully saturated rings. The molecule has 6 nitrogen and oxygen atoms in total. The Hall–Kier alpha value is -3.97. The number of thiocarbonyl (C=S) groups is 1. The number of nitrogens with one attached hydrogen (secondary N) is 1. The van der Waals surface area contributed by atoms with Crippen molar-refractivity contribution in [2.75, 3.05) is 12.0 Å². The maximum Gasteiger partial charge on any atom is 0.258 e. The van der Waals surface area contributed by atoms with Gasteiger partial charge in [-0.25, -0.2) is 0 Å². The van der Waals surface area contributed by atoms with Crippen molar-refractivity contribution in [3.05, 3.63) is 101 Å². The van der Waals surface area contributed by atoms with Crippen LogP contribution in [0, 0.1) is 13.8 Å². The van der Waals surface area contributed by atoms with Crippen LogP contribution < -0.4 is 15.0 Å². The van der Waals surface area contributed by atoms with E-state index in [4.69, 9.17) is 26.5 Å². The fourth-order valence-corrected chi connectivity index (χ4v) is 4.88. The van der Waals surface area contributed by atoms with Crippen LogP contribution >= 0.6 is 12.2 Å². The zero-order valence-electron chi connectivity index (χ0n) is 20.1. The number of rotatable bonds is 5. The summed E-state index contributed by atoms with van der Waals surface area (Å²) < 4.78 is 11.3. The van der Waals surface area contributed by atoms with Crippen LogP contribution in [0.3, 0.4) is 0 Å². The second-order valence-corrected chi connectivity index (χ2v) is 9.02. The van der Waals surface area contributed by atoms with E-state index in [2.05, 4.69) is 42.5 Å². The highest BCUT2D eigenvalue weighted by Crippen LogP contribution is 2.40. The summed E-state index contributed by atoms with van der Waals surface area (Å²) in [6.45, 7) is 6.21. The zero-order chi connectivity index (χ0) is 24.5. The van der Waals surface area contributed by atoms with E-state index in [0.29, 0.717) is 16.8 Å². The molecule has 0 saturated carbocycles. The molecule has 0 spiro atoms. The molecule has 1 N–H and O–H groups in total. The van der Waals surface area contributed by atoms with E-state index in [1.54, 1.807) is 7.11 Å². The van der Waals surface area contributed by atoms with Crippen LogP contribution in [-0.4, -0.2) is 22.4 Å². The van der Waals surface area contributed by atoms with Gasteiger partial charge in [0.15, 0.2) is 5.11 Å². The summed E-state index contributed by atoms with van der Waals surface area (Å²) in [7, 11) is 1.66. The highest BCUT2D eigenvalue weighted by atomic mass is 32.1. The lowest BCUT2D eigenvalue weighted by Gasteiger charge is -2.37. The Bertz CT molecular complexity index is 1410. The first-order valence-electron chi connectivity index (χ1n) is 11.4. The lowest BCUT2D eigenvalue weighted by Crippen LogP contribution is -2.46. The molecule has 0 amide bonds. The molecule has 0 radical (unpaired) electrons. The monoisotopic (exact) mass is 482 g/mol. The minimum atomic E-state index is -0.288. The van der Waals surface area contributed by atoms with Crippen molar-refractivity contribution in [3.63, 3.8) is 0 Å². The molecule has 1 aliphatic heterocycles. The summed E-state index contributed by atoms with van der Waals surface area (Å²) in [4.78, 5) is 6.82. The number of aryl methyl sites for hydroxylation is 2. The van der Waals surface area contributed by atoms with Gasteiger partial charge in [0.25, 0.3) is 5.89 Å². The molecular formula is C28H26N4O2S. The van der Waals surface area contributed by atoms with E-state index in [9.17, 15) is 0 Å². The molecule has 0 saturated heterocycles. The topological polar surface area (TPSA) is 63.4 Å². The predicted molar refractivity (Wildman–Crippen MR) is 142 cm³/mol. The highest BCUT2D eigenvalue weighted by Gasteiger charge is 2.35. The van der Waals surface area contributed by atoms with E-state index < -0.39 is 0 Å². The van der Waals surface area contributed by atoms with Crippen LogP contribution in [0.1, 0.15) is 35.5 Å². The molecule has 7 heteroatoms. The van der Waals surface area contributed by atoms with Gasteiger partial charge in [-0.3, -0.25) is 4.90 Å². The number of hydrogen-bond acceptors (Lipinski definition) is 5. The minimum absolute atomic E-state index is 0.288. The summed E-state index contributed by atoms with van der Waals surface area (Å²) in [5.41, 5.74) is 6.98. The zero-order valence-corrected chi connectivity index (χ0v) is 20.9. The number of allylic oxidation sites excluding steroid dienone is 1. The van der Waals surface area contributed by atoms with Gasteiger partial charge in [-0.1, -0.05) is 53.7 Å². The van der Waals surface area contributed by atoms with Crippen LogP contribution in [0.25, 0.3) is 17.0 Å². The lowest BCUT2D eigenvalue weighted by molar-refractivity contribution is 0.403. The standard InChI is InChI=1S/C28H26N4O2S/c1-17-13-18(2)15-22(14-17)32-19(3)24(27-30-26(31-34-27)20-9-6-5-7-10-20)25(29-28(32)35)21-11-8-12-23(16-21)33-4/h5-16,25H,1-4H3,(H,29,35). The van der Waals surface area contributed by atoms with E-state index >= 15 is 0 Å². The number of benzene rings is 3. The second kappa shape index (κ2) is 9.35. The van der Waals surface area contributed by atoms with E-state index in [1.807, 2.05) is 66.4 Å². The number of anilines is 1. The fourth-order valence-electron chi connectivity index (χ4n) is 4.52. The highest BCUT2D eigenvalue weighted by molar-refractivity contribution is 7.80. The van der Waals surface area contributed by atoms with Crippen LogP contribution in [0.4, 0.5) is 5.69 Å². The number of hydrogen-bond donors (Lipinski definition) is 1. The van der Waals surface area contributed by atoms with Gasteiger partial charge in [0, 0.05) is 16.9 Å². The van der Waals surface area contributed by atoms with Crippen molar-refractivity contribution < 1.29 is 9.26 Å². The summed E-state index contributed by atoms with van der Waals surface area (Å²) in [5, 5.41) is 8.40. The van der Waals surface area contributed by atoms with Crippen molar-refractivity contribution in [1.29, 1.82) is 0 Å². The van der Waals surface area contributed by atoms with Crippen LogP contribution in [0.2, 0.25) is 0 Å². The number of methoxy groups -OCH3 is 1. The Kier molecular flexibility index (Phi) is 6.09. The van der Waals surface area contributed by atoms with Gasteiger partial charge in [0.1, 0.15) is 5.75 Å². The van der Waals surface area contributed by atoms with Crippen molar-refractivity contribution >= 4 is 28.6 Å². The number of aromatic nitrogens is 2. The molecule has 4 aromatic rings. The maximum atomic E-state index is 5.88. The predicted octanol–water partition coefficient (Wildman–Crippen LogP) is 6.23. The van der Waals surface area contributed by atoms with E-state index in [1.165, 1.54) is 0 Å². The van der Waals surface area contributed by atoms with E-state index in [-0.39, 0.29) is 6.04 Å². The van der Waals surface area contributed by atoms with Gasteiger partial charge in [-0.2, -0.15) is 4.98 Å². The minimum Gasteiger partial charge on any atom is -0.497 e. The summed E-state index contributed by atoms with van der Waals surface area (Å²) in [6, 6.07) is 23.8. The van der Waals surface area contributed by atoms with Gasteiger partial charge in [0.2, 0.25) is 5.82 Å². The Morgan fingerprint density at radius 1 is 0.943 bits per heavy atom. The van der Waals surface area contributed by atoms with Gasteiger partial charge in [-0.05, 0) is 73.9 Å². The Balaban J connectivity index is 1.68. The largest absolute Gasteiger partial charge is 0.497 e. The molecule has 0 bridgehead atoms. The smallest absolute Gasteiger partial charge is 0.258 e. The lowest BCUT2D eigenvalue weighted by atomic mass is 9.94. The van der Waals surface area contributed by atoms with Gasteiger partial charge < -0.3 is 14.6 Å². The molecule has 3 aromatic carbocycles. The molecular weight excluding hydrogens is 456 g/mol. The van der Waals surface area contributed by atoms with Gasteiger partial charge >= 0.3 is 0 Å². The number of ether oxygens (including phenoxy) is 1. The van der Waals surface area contributed by atoms with Crippen molar-refractivity contribution in [2.45, 2.75) is 26.8 Å². The number of nitrogens with zero attached hydrogens (tertiary/aromatic N) is 3. The molecule has 5 rings (SSSR count). The Morgan fingerprint density at radius 3 is 2.40 bits per heavy atom. The molecule has 176 valence electrons. The first-order valence-corrected chi connectivity index (χ1v) is 11.8. The van der Waals surface area contributed by atoms with E-state index in [0.717, 1.165) is 45.0 Å². The molecule has 1 unspecified atom stereocenters. The average Bonchev–Trinajstić information content (AvgIpc) is 3.33. The average molecular weight is 483 g/mol. The van der Waals surface area contributed by atoms with Crippen molar-refractivity contribution in [2.24, 2.45) is 0 Å². The molecule has 1 aromatic heterocycles. The molecule has 1 aliphatic rings. The molecule has 0 aliphatic carbocycles. The Labute approximate surface area is 210 Å². The molecule has 35 heavy (non-hydrogen) atoms. The van der Waals surface area contributed by atoms with Crippen LogP contribution in [-0.2, 0) is 0 Å². The van der Waals surface area contributed by atoms with Gasteiger partial charge in [-0.15, -0.1) is 0 Å². The van der Waals surface area contributed by atoms with Crippen LogP contribution in [0.15, 0.2) is 83.0 Å². The summed E-state index contributed by atoms with van der Waals surface area (Å²) in [6.07, 6.45) is 0. The maximum absolute atomic E-state index is 5.88. The summed E-state index contributed by atoms with van der Waals surface area (Å²) in [5.74, 6) is 1.74. The fraction of sp³-hybridized carbons (Fsp3) is 0.179. The first kappa shape index (κ1) is 22.8. The quantitative estimate of drug-likeness (QED) is 0.338. The SMILES string of the molecule is COc1cccc(C2NC(=S)N(c3cc(C)cc(C)c3)C(C)=C2c2nc(-c3ccccc3)no2)c1. The molecule has 1 atom stereocenters. The third kappa shape index (κ3) is 4.42.